The summed E-state index contributed by atoms with van der Waals surface area (Å²) in [6.45, 7) is 9.11. The van der Waals surface area contributed by atoms with E-state index in [0.717, 1.165) is 30.3 Å². The molecule has 1 rings (SSSR count). The molecule has 0 saturated heterocycles. The van der Waals surface area contributed by atoms with E-state index in [0.29, 0.717) is 10.6 Å². The van der Waals surface area contributed by atoms with Crippen molar-refractivity contribution in [1.82, 2.24) is 4.90 Å². The zero-order valence-electron chi connectivity index (χ0n) is 11.2. The number of nitrogens with zero attached hydrogens (tertiary/aromatic N) is 1. The molecule has 0 unspecified atom stereocenters. The monoisotopic (exact) mass is 285 g/mol. The van der Waals surface area contributed by atoms with Crippen LogP contribution in [0.25, 0.3) is 0 Å². The van der Waals surface area contributed by atoms with Gasteiger partial charge in [0.1, 0.15) is 0 Å². The Morgan fingerprint density at radius 3 is 2.50 bits per heavy atom. The fourth-order valence-electron chi connectivity index (χ4n) is 1.66. The van der Waals surface area contributed by atoms with Gasteiger partial charge in [-0.25, -0.2) is 0 Å². The zero-order chi connectivity index (χ0) is 13.5. The van der Waals surface area contributed by atoms with Crippen molar-refractivity contribution in [1.29, 1.82) is 0 Å². The lowest BCUT2D eigenvalue weighted by Gasteiger charge is -2.17. The number of Topliss-reactive ketones (excluding diaryl/α,β-unsaturated/α-hetero) is 1. The summed E-state index contributed by atoms with van der Waals surface area (Å²) in [4.78, 5) is 14.6. The standard InChI is InChI=1S/C14H20ClNOS/c1-4-16(5-2)8-9-18-14-7-6-12(11(3)17)10-13(14)15/h6-7,10H,4-5,8-9H2,1-3H3. The second-order valence-electron chi connectivity index (χ2n) is 4.08. The molecule has 100 valence electrons. The van der Waals surface area contributed by atoms with Crippen molar-refractivity contribution in [3.05, 3.63) is 28.8 Å². The molecule has 0 bridgehead atoms. The van der Waals surface area contributed by atoms with Crippen molar-refractivity contribution in [3.63, 3.8) is 0 Å². The van der Waals surface area contributed by atoms with Gasteiger partial charge in [-0.15, -0.1) is 11.8 Å². The number of hydrogen-bond acceptors (Lipinski definition) is 3. The normalized spacial score (nSPS) is 10.9. The highest BCUT2D eigenvalue weighted by molar-refractivity contribution is 7.99. The van der Waals surface area contributed by atoms with Crippen molar-refractivity contribution in [2.24, 2.45) is 0 Å². The van der Waals surface area contributed by atoms with E-state index in [2.05, 4.69) is 18.7 Å². The molecule has 0 heterocycles. The summed E-state index contributed by atoms with van der Waals surface area (Å²) in [6, 6.07) is 5.53. The van der Waals surface area contributed by atoms with Crippen LogP contribution in [-0.2, 0) is 0 Å². The maximum Gasteiger partial charge on any atom is 0.159 e. The molecule has 1 aromatic carbocycles. The van der Waals surface area contributed by atoms with Gasteiger partial charge in [0.25, 0.3) is 0 Å². The highest BCUT2D eigenvalue weighted by atomic mass is 35.5. The summed E-state index contributed by atoms with van der Waals surface area (Å²) >= 11 is 7.91. The number of carbonyl (C=O) groups excluding carboxylic acids is 1. The number of carbonyl (C=O) groups is 1. The number of hydrogen-bond donors (Lipinski definition) is 0. The van der Waals surface area contributed by atoms with Crippen molar-refractivity contribution in [2.45, 2.75) is 25.7 Å². The molecule has 0 aliphatic rings. The van der Waals surface area contributed by atoms with Crippen LogP contribution in [0, 0.1) is 0 Å². The van der Waals surface area contributed by atoms with Gasteiger partial charge in [-0.1, -0.05) is 31.5 Å². The molecule has 0 N–H and O–H groups in total. The molecule has 2 nitrogen and oxygen atoms in total. The predicted octanol–water partition coefficient (Wildman–Crippen LogP) is 3.98. The summed E-state index contributed by atoms with van der Waals surface area (Å²) in [6.07, 6.45) is 0. The quantitative estimate of drug-likeness (QED) is 0.558. The lowest BCUT2D eigenvalue weighted by atomic mass is 10.1. The molecule has 0 aromatic heterocycles. The molecule has 0 aliphatic carbocycles. The minimum atomic E-state index is 0.0524. The highest BCUT2D eigenvalue weighted by Crippen LogP contribution is 2.28. The molecular weight excluding hydrogens is 266 g/mol. The van der Waals surface area contributed by atoms with Crippen LogP contribution < -0.4 is 0 Å². The van der Waals surface area contributed by atoms with Gasteiger partial charge in [0, 0.05) is 22.8 Å². The molecular formula is C14H20ClNOS. The first-order valence-corrected chi connectivity index (χ1v) is 7.60. The van der Waals surface area contributed by atoms with E-state index in [1.807, 2.05) is 12.1 Å². The van der Waals surface area contributed by atoms with Gasteiger partial charge < -0.3 is 4.90 Å². The molecule has 0 radical (unpaired) electrons. The first-order chi connectivity index (χ1) is 8.58. The van der Waals surface area contributed by atoms with E-state index in [9.17, 15) is 4.79 Å². The summed E-state index contributed by atoms with van der Waals surface area (Å²) in [5.41, 5.74) is 0.674. The Morgan fingerprint density at radius 2 is 2.00 bits per heavy atom. The van der Waals surface area contributed by atoms with E-state index >= 15 is 0 Å². The van der Waals surface area contributed by atoms with Crippen LogP contribution in [0.15, 0.2) is 23.1 Å². The zero-order valence-corrected chi connectivity index (χ0v) is 12.8. The Bertz CT molecular complexity index is 405. The summed E-state index contributed by atoms with van der Waals surface area (Å²) in [5.74, 6) is 1.07. The van der Waals surface area contributed by atoms with Crippen LogP contribution in [0.1, 0.15) is 31.1 Å². The maximum absolute atomic E-state index is 11.2. The molecule has 0 atom stereocenters. The second kappa shape index (κ2) is 7.82. The average molecular weight is 286 g/mol. The first-order valence-electron chi connectivity index (χ1n) is 6.24. The van der Waals surface area contributed by atoms with Crippen molar-refractivity contribution in [2.75, 3.05) is 25.4 Å². The lowest BCUT2D eigenvalue weighted by molar-refractivity contribution is 0.101. The smallest absolute Gasteiger partial charge is 0.159 e. The Labute approximate surface area is 119 Å². The van der Waals surface area contributed by atoms with Gasteiger partial charge in [-0.3, -0.25) is 4.79 Å². The second-order valence-corrected chi connectivity index (χ2v) is 5.62. The average Bonchev–Trinajstić information content (AvgIpc) is 2.36. The first kappa shape index (κ1) is 15.5. The Morgan fingerprint density at radius 1 is 1.33 bits per heavy atom. The molecule has 0 fully saturated rings. The van der Waals surface area contributed by atoms with Gasteiger partial charge in [-0.05, 0) is 32.1 Å². The molecule has 4 heteroatoms. The van der Waals surface area contributed by atoms with E-state index in [1.165, 1.54) is 0 Å². The SMILES string of the molecule is CCN(CC)CCSc1ccc(C(C)=O)cc1Cl. The van der Waals surface area contributed by atoms with Crippen molar-refractivity contribution < 1.29 is 4.79 Å². The van der Waals surface area contributed by atoms with E-state index in [4.69, 9.17) is 11.6 Å². The molecule has 0 aliphatic heterocycles. The van der Waals surface area contributed by atoms with Crippen molar-refractivity contribution >= 4 is 29.1 Å². The summed E-state index contributed by atoms with van der Waals surface area (Å²) < 4.78 is 0. The van der Waals surface area contributed by atoms with E-state index in [1.54, 1.807) is 24.8 Å². The van der Waals surface area contributed by atoms with Crippen LogP contribution in [0.2, 0.25) is 5.02 Å². The van der Waals surface area contributed by atoms with E-state index in [-0.39, 0.29) is 5.78 Å². The minimum Gasteiger partial charge on any atom is -0.303 e. The molecule has 0 spiro atoms. The minimum absolute atomic E-state index is 0.0524. The van der Waals surface area contributed by atoms with Gasteiger partial charge >= 0.3 is 0 Å². The number of rotatable bonds is 7. The van der Waals surface area contributed by atoms with E-state index < -0.39 is 0 Å². The van der Waals surface area contributed by atoms with Crippen LogP contribution in [0.5, 0.6) is 0 Å². The number of thioether (sulfide) groups is 1. The van der Waals surface area contributed by atoms with Crippen LogP contribution in [-0.4, -0.2) is 36.1 Å². The van der Waals surface area contributed by atoms with Gasteiger partial charge in [-0.2, -0.15) is 0 Å². The number of halogens is 1. The van der Waals surface area contributed by atoms with Crippen LogP contribution in [0.4, 0.5) is 0 Å². The van der Waals surface area contributed by atoms with Gasteiger partial charge in [0.15, 0.2) is 5.78 Å². The Kier molecular flexibility index (Phi) is 6.76. The predicted molar refractivity (Wildman–Crippen MR) is 80.0 cm³/mol. The van der Waals surface area contributed by atoms with Gasteiger partial charge in [0.05, 0.1) is 5.02 Å². The molecule has 0 amide bonds. The molecule has 1 aromatic rings. The van der Waals surface area contributed by atoms with Crippen LogP contribution in [0.3, 0.4) is 0 Å². The third kappa shape index (κ3) is 4.63. The Balaban J connectivity index is 2.55. The number of benzene rings is 1. The fraction of sp³-hybridized carbons (Fsp3) is 0.500. The summed E-state index contributed by atoms with van der Waals surface area (Å²) in [5, 5.41) is 0.673. The highest BCUT2D eigenvalue weighted by Gasteiger charge is 2.06. The fourth-order valence-corrected chi connectivity index (χ4v) is 2.94. The van der Waals surface area contributed by atoms with Crippen LogP contribution >= 0.6 is 23.4 Å². The largest absolute Gasteiger partial charge is 0.303 e. The third-order valence-corrected chi connectivity index (χ3v) is 4.38. The number of ketones is 1. The van der Waals surface area contributed by atoms with Crippen molar-refractivity contribution in [3.8, 4) is 0 Å². The third-order valence-electron chi connectivity index (χ3n) is 2.90. The molecule has 0 saturated carbocycles. The lowest BCUT2D eigenvalue weighted by Crippen LogP contribution is -2.25. The summed E-state index contributed by atoms with van der Waals surface area (Å²) in [7, 11) is 0. The Hall–Kier alpha value is -0.510. The van der Waals surface area contributed by atoms with Gasteiger partial charge in [0.2, 0.25) is 0 Å². The molecule has 18 heavy (non-hydrogen) atoms. The topological polar surface area (TPSA) is 20.3 Å². The maximum atomic E-state index is 11.2.